The number of benzene rings is 1. The first-order valence-electron chi connectivity index (χ1n) is 9.34. The average Bonchev–Trinajstić information content (AvgIpc) is 2.60. The Morgan fingerprint density at radius 3 is 2.12 bits per heavy atom. The standard InChI is InChI=1S/C20H30FN3O2/c1-14(2)19(16-5-7-17(21)8-6-16)22-18(25)13-23-9-11-24(12-10-23)20(26)15(3)4/h5-8,14-15,19H,9-13H2,1-4H3,(H,22,25)/t19-/m1/s1. The highest BCUT2D eigenvalue weighted by Gasteiger charge is 2.25. The lowest BCUT2D eigenvalue weighted by molar-refractivity contribution is -0.136. The van der Waals surface area contributed by atoms with Gasteiger partial charge in [-0.2, -0.15) is 0 Å². The molecule has 0 saturated carbocycles. The molecular formula is C20H30FN3O2. The molecule has 1 aliphatic rings. The summed E-state index contributed by atoms with van der Waals surface area (Å²) >= 11 is 0. The van der Waals surface area contributed by atoms with Gasteiger partial charge in [0.15, 0.2) is 0 Å². The second kappa shape index (κ2) is 9.12. The molecule has 26 heavy (non-hydrogen) atoms. The summed E-state index contributed by atoms with van der Waals surface area (Å²) < 4.78 is 13.1. The molecule has 1 saturated heterocycles. The van der Waals surface area contributed by atoms with Crippen molar-refractivity contribution in [1.29, 1.82) is 0 Å². The zero-order chi connectivity index (χ0) is 19.3. The number of piperazine rings is 1. The van der Waals surface area contributed by atoms with Crippen molar-refractivity contribution in [2.75, 3.05) is 32.7 Å². The largest absolute Gasteiger partial charge is 0.348 e. The minimum absolute atomic E-state index is 0.00681. The van der Waals surface area contributed by atoms with E-state index in [1.807, 2.05) is 32.6 Å². The van der Waals surface area contributed by atoms with Crippen LogP contribution in [-0.4, -0.2) is 54.3 Å². The third-order valence-electron chi connectivity index (χ3n) is 4.76. The van der Waals surface area contributed by atoms with Gasteiger partial charge in [-0.25, -0.2) is 4.39 Å². The van der Waals surface area contributed by atoms with Crippen molar-refractivity contribution in [2.24, 2.45) is 11.8 Å². The van der Waals surface area contributed by atoms with Gasteiger partial charge in [-0.1, -0.05) is 39.8 Å². The smallest absolute Gasteiger partial charge is 0.234 e. The SMILES string of the molecule is CC(C)C(=O)N1CCN(CC(=O)N[C@@H](c2ccc(F)cc2)C(C)C)CC1. The van der Waals surface area contributed by atoms with Crippen molar-refractivity contribution in [2.45, 2.75) is 33.7 Å². The number of carbonyl (C=O) groups is 2. The van der Waals surface area contributed by atoms with Gasteiger partial charge in [-0.3, -0.25) is 14.5 Å². The topological polar surface area (TPSA) is 52.7 Å². The van der Waals surface area contributed by atoms with Crippen molar-refractivity contribution >= 4 is 11.8 Å². The number of nitrogens with zero attached hydrogens (tertiary/aromatic N) is 2. The molecule has 1 aromatic rings. The minimum atomic E-state index is -0.281. The summed E-state index contributed by atoms with van der Waals surface area (Å²) in [5.41, 5.74) is 0.905. The summed E-state index contributed by atoms with van der Waals surface area (Å²) in [5, 5.41) is 3.07. The highest BCUT2D eigenvalue weighted by molar-refractivity contribution is 5.79. The first kappa shape index (κ1) is 20.4. The summed E-state index contributed by atoms with van der Waals surface area (Å²) in [6.07, 6.45) is 0. The lowest BCUT2D eigenvalue weighted by Crippen LogP contribution is -2.52. The fourth-order valence-electron chi connectivity index (χ4n) is 3.22. The molecule has 6 heteroatoms. The summed E-state index contributed by atoms with van der Waals surface area (Å²) in [5.74, 6) is 0.0515. The second-order valence-electron chi connectivity index (χ2n) is 7.60. The Morgan fingerprint density at radius 1 is 1.04 bits per heavy atom. The van der Waals surface area contributed by atoms with Crippen LogP contribution in [-0.2, 0) is 9.59 Å². The van der Waals surface area contributed by atoms with Gasteiger partial charge in [0.2, 0.25) is 11.8 Å². The van der Waals surface area contributed by atoms with Crippen LogP contribution < -0.4 is 5.32 Å². The van der Waals surface area contributed by atoms with Gasteiger partial charge in [0.25, 0.3) is 0 Å². The molecule has 0 aliphatic carbocycles. The van der Waals surface area contributed by atoms with Crippen LogP contribution >= 0.6 is 0 Å². The summed E-state index contributed by atoms with van der Waals surface area (Å²) in [7, 11) is 0. The van der Waals surface area contributed by atoms with Crippen LogP contribution in [0.1, 0.15) is 39.3 Å². The monoisotopic (exact) mass is 363 g/mol. The van der Waals surface area contributed by atoms with Crippen LogP contribution in [0, 0.1) is 17.7 Å². The molecule has 5 nitrogen and oxygen atoms in total. The lowest BCUT2D eigenvalue weighted by atomic mass is 9.96. The molecule has 1 aromatic carbocycles. The van der Waals surface area contributed by atoms with Crippen molar-refractivity contribution in [3.05, 3.63) is 35.6 Å². The van der Waals surface area contributed by atoms with Gasteiger partial charge < -0.3 is 10.2 Å². The van der Waals surface area contributed by atoms with Crippen LogP contribution in [0.3, 0.4) is 0 Å². The van der Waals surface area contributed by atoms with Gasteiger partial charge in [-0.15, -0.1) is 0 Å². The molecule has 0 aromatic heterocycles. The molecule has 0 radical (unpaired) electrons. The molecule has 1 heterocycles. The quantitative estimate of drug-likeness (QED) is 0.845. The first-order chi connectivity index (χ1) is 12.3. The van der Waals surface area contributed by atoms with E-state index in [0.717, 1.165) is 5.56 Å². The normalized spacial score (nSPS) is 16.8. The average molecular weight is 363 g/mol. The maximum absolute atomic E-state index is 13.1. The van der Waals surface area contributed by atoms with Gasteiger partial charge >= 0.3 is 0 Å². The lowest BCUT2D eigenvalue weighted by Gasteiger charge is -2.35. The molecule has 2 amide bonds. The molecular weight excluding hydrogens is 333 g/mol. The second-order valence-corrected chi connectivity index (χ2v) is 7.60. The van der Waals surface area contributed by atoms with Crippen LogP contribution in [0.25, 0.3) is 0 Å². The van der Waals surface area contributed by atoms with Crippen LogP contribution in [0.5, 0.6) is 0 Å². The molecule has 1 N–H and O–H groups in total. The van der Waals surface area contributed by atoms with E-state index in [-0.39, 0.29) is 35.5 Å². The molecule has 2 rings (SSSR count). The van der Waals surface area contributed by atoms with Crippen molar-refractivity contribution < 1.29 is 14.0 Å². The Bertz CT molecular complexity index is 608. The van der Waals surface area contributed by atoms with Crippen LogP contribution in [0.2, 0.25) is 0 Å². The number of hydrogen-bond acceptors (Lipinski definition) is 3. The first-order valence-corrected chi connectivity index (χ1v) is 9.34. The zero-order valence-electron chi connectivity index (χ0n) is 16.2. The van der Waals surface area contributed by atoms with E-state index in [4.69, 9.17) is 0 Å². The summed E-state index contributed by atoms with van der Waals surface area (Å²) in [6, 6.07) is 6.13. The maximum Gasteiger partial charge on any atom is 0.234 e. The minimum Gasteiger partial charge on any atom is -0.348 e. The molecule has 0 bridgehead atoms. The molecule has 1 aliphatic heterocycles. The molecule has 1 atom stereocenters. The number of halogens is 1. The summed E-state index contributed by atoms with van der Waals surface area (Å²) in [6.45, 7) is 10.9. The van der Waals surface area contributed by atoms with E-state index in [1.54, 1.807) is 12.1 Å². The van der Waals surface area contributed by atoms with Gasteiger partial charge in [-0.05, 0) is 23.6 Å². The zero-order valence-corrected chi connectivity index (χ0v) is 16.2. The number of nitrogens with one attached hydrogen (secondary N) is 1. The van der Waals surface area contributed by atoms with E-state index in [0.29, 0.717) is 32.7 Å². The van der Waals surface area contributed by atoms with Gasteiger partial charge in [0.05, 0.1) is 12.6 Å². The molecule has 144 valence electrons. The third-order valence-corrected chi connectivity index (χ3v) is 4.76. The number of rotatable bonds is 6. The number of hydrogen-bond donors (Lipinski definition) is 1. The number of carbonyl (C=O) groups excluding carboxylic acids is 2. The van der Waals surface area contributed by atoms with E-state index < -0.39 is 0 Å². The van der Waals surface area contributed by atoms with Crippen LogP contribution in [0.15, 0.2) is 24.3 Å². The Kier molecular flexibility index (Phi) is 7.14. The fourth-order valence-corrected chi connectivity index (χ4v) is 3.22. The Labute approximate surface area is 155 Å². The van der Waals surface area contributed by atoms with E-state index in [9.17, 15) is 14.0 Å². The molecule has 1 fully saturated rings. The Balaban J connectivity index is 1.87. The van der Waals surface area contributed by atoms with Gasteiger partial charge in [0.1, 0.15) is 5.82 Å². The molecule has 0 spiro atoms. The van der Waals surface area contributed by atoms with Crippen molar-refractivity contribution in [3.63, 3.8) is 0 Å². The maximum atomic E-state index is 13.1. The molecule has 0 unspecified atom stereocenters. The predicted molar refractivity (Wildman–Crippen MR) is 100.0 cm³/mol. The van der Waals surface area contributed by atoms with E-state index in [2.05, 4.69) is 10.2 Å². The number of amides is 2. The Morgan fingerprint density at radius 2 is 1.62 bits per heavy atom. The highest BCUT2D eigenvalue weighted by Crippen LogP contribution is 2.22. The van der Waals surface area contributed by atoms with Crippen molar-refractivity contribution in [1.82, 2.24) is 15.1 Å². The van der Waals surface area contributed by atoms with E-state index in [1.165, 1.54) is 12.1 Å². The highest BCUT2D eigenvalue weighted by atomic mass is 19.1. The van der Waals surface area contributed by atoms with Crippen molar-refractivity contribution in [3.8, 4) is 0 Å². The predicted octanol–water partition coefficient (Wildman–Crippen LogP) is 2.44. The van der Waals surface area contributed by atoms with Gasteiger partial charge in [0, 0.05) is 32.1 Å². The third kappa shape index (κ3) is 5.53. The van der Waals surface area contributed by atoms with E-state index >= 15 is 0 Å². The summed E-state index contributed by atoms with van der Waals surface area (Å²) in [4.78, 5) is 28.5. The van der Waals surface area contributed by atoms with Crippen LogP contribution in [0.4, 0.5) is 4.39 Å². The Hall–Kier alpha value is -1.95. The fraction of sp³-hybridized carbons (Fsp3) is 0.600.